The van der Waals surface area contributed by atoms with E-state index < -0.39 is 12.2 Å². The number of rotatable bonds is 28. The molecule has 0 radical (unpaired) electrons. The Labute approximate surface area is 419 Å². The molecule has 0 aliphatic heterocycles. The summed E-state index contributed by atoms with van der Waals surface area (Å²) in [6.07, 6.45) is 22.8. The van der Waals surface area contributed by atoms with Gasteiger partial charge in [-0.15, -0.1) is 0 Å². The van der Waals surface area contributed by atoms with E-state index in [1.807, 2.05) is 73.3 Å². The lowest BCUT2D eigenvalue weighted by Gasteiger charge is -2.32. The standard InChI is InChI=1S/C61H66N4O6/c1-7-33-61(34-8-2)55-37-45(47-39-62-59(63-40-47)43-21-27-51(28-22-43)68-35-17-13-15-19-57(66)70-49(9-3)10-4)25-31-53(55)54-32-26-46(38-56(54)61)48-41-64-60(65-42-48)44-23-29-52(30-24-44)69-36-18-14-16-20-58(67)71-50(11-5)12-6/h9-12,21-32,37-42,49-50H,3-8,13-20,33-36H2,1-2H3. The molecule has 0 unspecified atom stereocenters. The molecule has 366 valence electrons. The van der Waals surface area contributed by atoms with Crippen LogP contribution in [0.3, 0.4) is 0 Å². The Morgan fingerprint density at radius 2 is 0.859 bits per heavy atom. The van der Waals surface area contributed by atoms with E-state index in [2.05, 4.69) is 76.6 Å². The second kappa shape index (κ2) is 25.4. The van der Waals surface area contributed by atoms with Gasteiger partial charge in [-0.05, 0) is 170 Å². The average molecular weight is 951 g/mol. The number of ether oxygens (including phenoxy) is 4. The van der Waals surface area contributed by atoms with Crippen LogP contribution in [0, 0.1) is 0 Å². The van der Waals surface area contributed by atoms with Crippen molar-refractivity contribution in [2.75, 3.05) is 13.2 Å². The van der Waals surface area contributed by atoms with E-state index >= 15 is 0 Å². The van der Waals surface area contributed by atoms with E-state index in [1.165, 1.54) is 22.3 Å². The van der Waals surface area contributed by atoms with Gasteiger partial charge in [-0.3, -0.25) is 9.59 Å². The molecular weight excluding hydrogens is 885 g/mol. The topological polar surface area (TPSA) is 123 Å². The quantitative estimate of drug-likeness (QED) is 0.0267. The molecule has 0 atom stereocenters. The molecule has 4 aromatic carbocycles. The SMILES string of the molecule is C=CC(C=C)OC(=O)CCCCCOc1ccc(-c2ncc(-c3ccc4c(c3)C(CCC)(CCC)c3cc(-c5cnc(-c6ccc(OCCCCCC(=O)OC(C=C)C=C)cc6)nc5)ccc3-4)cn2)cc1. The van der Waals surface area contributed by atoms with Crippen LogP contribution < -0.4 is 9.47 Å². The number of unbranched alkanes of at least 4 members (excludes halogenated alkanes) is 4. The van der Waals surface area contributed by atoms with Gasteiger partial charge in [0.1, 0.15) is 23.7 Å². The first-order chi connectivity index (χ1) is 34.7. The average Bonchev–Trinajstić information content (AvgIpc) is 3.67. The van der Waals surface area contributed by atoms with E-state index in [4.69, 9.17) is 38.9 Å². The first-order valence-electron chi connectivity index (χ1n) is 25.0. The summed E-state index contributed by atoms with van der Waals surface area (Å²) in [6, 6.07) is 29.4. The number of nitrogens with zero attached hydrogens (tertiary/aromatic N) is 4. The summed E-state index contributed by atoms with van der Waals surface area (Å²) in [6.45, 7) is 20.3. The fraction of sp³-hybridized carbons (Fsp3) is 0.311. The number of esters is 2. The van der Waals surface area contributed by atoms with Crippen LogP contribution in [0.15, 0.2) is 160 Å². The van der Waals surface area contributed by atoms with Crippen LogP contribution >= 0.6 is 0 Å². The van der Waals surface area contributed by atoms with Crippen molar-refractivity contribution in [3.05, 3.63) is 171 Å². The van der Waals surface area contributed by atoms with Crippen LogP contribution in [0.4, 0.5) is 0 Å². The van der Waals surface area contributed by atoms with Crippen molar-refractivity contribution in [1.29, 1.82) is 0 Å². The normalized spacial score (nSPS) is 12.2. The minimum Gasteiger partial charge on any atom is -0.494 e. The Morgan fingerprint density at radius 1 is 0.493 bits per heavy atom. The largest absolute Gasteiger partial charge is 0.494 e. The molecule has 10 nitrogen and oxygen atoms in total. The monoisotopic (exact) mass is 950 g/mol. The molecule has 0 spiro atoms. The third kappa shape index (κ3) is 13.0. The van der Waals surface area contributed by atoms with Gasteiger partial charge in [-0.25, -0.2) is 19.9 Å². The number of hydrogen-bond acceptors (Lipinski definition) is 10. The molecule has 0 saturated carbocycles. The van der Waals surface area contributed by atoms with Crippen molar-refractivity contribution in [2.45, 2.75) is 109 Å². The molecule has 71 heavy (non-hydrogen) atoms. The van der Waals surface area contributed by atoms with Crippen molar-refractivity contribution in [2.24, 2.45) is 0 Å². The van der Waals surface area contributed by atoms with Gasteiger partial charge >= 0.3 is 11.9 Å². The second-order valence-electron chi connectivity index (χ2n) is 17.9. The maximum Gasteiger partial charge on any atom is 0.306 e. The number of benzene rings is 4. The van der Waals surface area contributed by atoms with Gasteiger partial charge in [0.15, 0.2) is 11.6 Å². The first kappa shape index (κ1) is 51.4. The van der Waals surface area contributed by atoms with E-state index in [-0.39, 0.29) is 17.4 Å². The number of aromatic nitrogens is 4. The molecule has 0 bridgehead atoms. The van der Waals surface area contributed by atoms with Gasteiger partial charge in [-0.2, -0.15) is 0 Å². The molecule has 0 fully saturated rings. The Balaban J connectivity index is 0.956. The zero-order valence-corrected chi connectivity index (χ0v) is 41.3. The van der Waals surface area contributed by atoms with Gasteiger partial charge in [0.05, 0.1) is 13.2 Å². The molecule has 1 aliphatic carbocycles. The van der Waals surface area contributed by atoms with Gasteiger partial charge in [-0.1, -0.05) is 77.3 Å². The summed E-state index contributed by atoms with van der Waals surface area (Å²) in [5.74, 6) is 2.37. The molecule has 2 aromatic heterocycles. The summed E-state index contributed by atoms with van der Waals surface area (Å²) in [4.78, 5) is 43.2. The number of hydrogen-bond donors (Lipinski definition) is 0. The minimum absolute atomic E-state index is 0.140. The lowest BCUT2D eigenvalue weighted by Crippen LogP contribution is -2.25. The Kier molecular flexibility index (Phi) is 18.4. The molecule has 2 heterocycles. The zero-order valence-electron chi connectivity index (χ0n) is 41.3. The lowest BCUT2D eigenvalue weighted by molar-refractivity contribution is -0.146. The van der Waals surface area contributed by atoms with Crippen molar-refractivity contribution >= 4 is 11.9 Å². The van der Waals surface area contributed by atoms with Gasteiger partial charge in [0.2, 0.25) is 0 Å². The van der Waals surface area contributed by atoms with Crippen LogP contribution in [0.1, 0.15) is 102 Å². The van der Waals surface area contributed by atoms with Crippen LogP contribution in [0.5, 0.6) is 11.5 Å². The van der Waals surface area contributed by atoms with Crippen LogP contribution in [0.2, 0.25) is 0 Å². The summed E-state index contributed by atoms with van der Waals surface area (Å²) >= 11 is 0. The molecule has 1 aliphatic rings. The molecular formula is C61H66N4O6. The fourth-order valence-electron chi connectivity index (χ4n) is 9.31. The second-order valence-corrected chi connectivity index (χ2v) is 17.9. The Bertz CT molecular complexity index is 2540. The molecule has 0 N–H and O–H groups in total. The predicted octanol–water partition coefficient (Wildman–Crippen LogP) is 14.2. The summed E-state index contributed by atoms with van der Waals surface area (Å²) in [5, 5.41) is 0. The Morgan fingerprint density at radius 3 is 1.21 bits per heavy atom. The molecule has 0 saturated heterocycles. The molecule has 7 rings (SSSR count). The van der Waals surface area contributed by atoms with Crippen LogP contribution in [-0.4, -0.2) is 57.3 Å². The van der Waals surface area contributed by atoms with E-state index in [0.717, 1.165) is 109 Å². The number of carbonyl (C=O) groups is 2. The number of carbonyl (C=O) groups excluding carboxylic acids is 2. The van der Waals surface area contributed by atoms with E-state index in [1.54, 1.807) is 24.3 Å². The lowest BCUT2D eigenvalue weighted by atomic mass is 9.71. The molecule has 0 amide bonds. The number of fused-ring (bicyclic) bond motifs is 3. The maximum atomic E-state index is 12.0. The Hall–Kier alpha value is -7.46. The highest BCUT2D eigenvalue weighted by atomic mass is 16.5. The smallest absolute Gasteiger partial charge is 0.306 e. The van der Waals surface area contributed by atoms with Gasteiger partial charge < -0.3 is 18.9 Å². The maximum absolute atomic E-state index is 12.0. The van der Waals surface area contributed by atoms with Gasteiger partial charge in [0.25, 0.3) is 0 Å². The summed E-state index contributed by atoms with van der Waals surface area (Å²) in [5.41, 5.74) is 11.1. The first-order valence-corrected chi connectivity index (χ1v) is 25.0. The summed E-state index contributed by atoms with van der Waals surface area (Å²) < 4.78 is 22.5. The third-order valence-corrected chi connectivity index (χ3v) is 13.0. The van der Waals surface area contributed by atoms with Crippen molar-refractivity contribution in [3.63, 3.8) is 0 Å². The van der Waals surface area contributed by atoms with Crippen LogP contribution in [-0.2, 0) is 24.5 Å². The van der Waals surface area contributed by atoms with Crippen molar-refractivity contribution in [1.82, 2.24) is 19.9 Å². The van der Waals surface area contributed by atoms with E-state index in [9.17, 15) is 9.59 Å². The van der Waals surface area contributed by atoms with E-state index in [0.29, 0.717) is 37.7 Å². The highest BCUT2D eigenvalue weighted by Crippen LogP contribution is 2.55. The third-order valence-electron chi connectivity index (χ3n) is 13.0. The highest BCUT2D eigenvalue weighted by Gasteiger charge is 2.42. The van der Waals surface area contributed by atoms with Crippen LogP contribution in [0.25, 0.3) is 56.2 Å². The van der Waals surface area contributed by atoms with Crippen molar-refractivity contribution in [3.8, 4) is 67.7 Å². The minimum atomic E-state index is -0.445. The van der Waals surface area contributed by atoms with Crippen molar-refractivity contribution < 1.29 is 28.5 Å². The predicted molar refractivity (Wildman–Crippen MR) is 284 cm³/mol. The fourth-order valence-corrected chi connectivity index (χ4v) is 9.31. The summed E-state index contributed by atoms with van der Waals surface area (Å²) in [7, 11) is 0. The highest BCUT2D eigenvalue weighted by molar-refractivity contribution is 5.86. The molecule has 6 aromatic rings. The zero-order chi connectivity index (χ0) is 50.0. The van der Waals surface area contributed by atoms with Gasteiger partial charge in [0, 0.05) is 65.3 Å². The molecule has 10 heteroatoms.